The molecule has 0 saturated carbocycles. The van der Waals surface area contributed by atoms with Crippen LogP contribution in [0, 0.1) is 0 Å². The number of hydrogen-bond donors (Lipinski definition) is 0. The predicted octanol–water partition coefficient (Wildman–Crippen LogP) is 5.46. The van der Waals surface area contributed by atoms with Crippen LogP contribution in [-0.2, 0) is 0 Å². The summed E-state index contributed by atoms with van der Waals surface area (Å²) in [6.45, 7) is 16.8. The van der Waals surface area contributed by atoms with Crippen molar-refractivity contribution < 1.29 is 0 Å². The molecule has 0 saturated heterocycles. The van der Waals surface area contributed by atoms with Gasteiger partial charge in [0.05, 0.1) is 0 Å². The Balaban J connectivity index is 4.28. The van der Waals surface area contributed by atoms with Crippen LogP contribution in [0.1, 0.15) is 61.3 Å². The van der Waals surface area contributed by atoms with E-state index in [1.165, 1.54) is 27.3 Å². The van der Waals surface area contributed by atoms with Gasteiger partial charge in [-0.05, 0) is 22.9 Å². The molecule has 86 valence electrons. The molecule has 0 aliphatic rings. The minimum Gasteiger partial charge on any atom is -0.0950 e. The first-order chi connectivity index (χ1) is 6.19. The fourth-order valence-electron chi connectivity index (χ4n) is 1.85. The summed E-state index contributed by atoms with van der Waals surface area (Å²) in [5, 5.41) is 1.06. The largest absolute Gasteiger partial charge is 0.0950 e. The van der Waals surface area contributed by atoms with E-state index in [0.717, 1.165) is 0 Å². The van der Waals surface area contributed by atoms with Crippen molar-refractivity contribution in [1.29, 1.82) is 0 Å². The maximum atomic E-state index is 2.42. The Morgan fingerprint density at radius 2 is 1.36 bits per heavy atom. The van der Waals surface area contributed by atoms with Crippen LogP contribution >= 0.6 is 15.9 Å². The SMILES string of the molecule is CCCCPP(C(C)(C)C)C(C)(C)C. The van der Waals surface area contributed by atoms with Gasteiger partial charge in [0.1, 0.15) is 0 Å². The standard InChI is InChI=1S/C12H28P2/c1-8-9-10-13-14(11(2,3)4)12(5,6)7/h13H,8-10H2,1-7H3. The second kappa shape index (κ2) is 5.81. The zero-order valence-corrected chi connectivity index (χ0v) is 13.0. The molecule has 1 atom stereocenters. The smallest absolute Gasteiger partial charge is 0.0138 e. The highest BCUT2D eigenvalue weighted by Gasteiger charge is 2.33. The van der Waals surface area contributed by atoms with E-state index in [1.54, 1.807) is 0 Å². The third kappa shape index (κ3) is 5.67. The van der Waals surface area contributed by atoms with Crippen LogP contribution in [0.2, 0.25) is 0 Å². The van der Waals surface area contributed by atoms with E-state index in [1.807, 2.05) is 0 Å². The van der Waals surface area contributed by atoms with Crippen LogP contribution in [0.5, 0.6) is 0 Å². The third-order valence-electron chi connectivity index (χ3n) is 2.14. The summed E-state index contributed by atoms with van der Waals surface area (Å²) in [7, 11) is 1.37. The van der Waals surface area contributed by atoms with Crippen molar-refractivity contribution in [1.82, 2.24) is 0 Å². The molecule has 0 aliphatic carbocycles. The van der Waals surface area contributed by atoms with Gasteiger partial charge in [0.25, 0.3) is 0 Å². The fraction of sp³-hybridized carbons (Fsp3) is 1.00. The van der Waals surface area contributed by atoms with Gasteiger partial charge in [0, 0.05) is 0 Å². The van der Waals surface area contributed by atoms with Crippen LogP contribution in [0.15, 0.2) is 0 Å². The van der Waals surface area contributed by atoms with E-state index in [-0.39, 0.29) is 7.61 Å². The van der Waals surface area contributed by atoms with E-state index in [9.17, 15) is 0 Å². The average Bonchev–Trinajstić information content (AvgIpc) is 1.92. The lowest BCUT2D eigenvalue weighted by molar-refractivity contribution is 0.719. The summed E-state index contributed by atoms with van der Waals surface area (Å²) >= 11 is 0. The van der Waals surface area contributed by atoms with Crippen LogP contribution < -0.4 is 0 Å². The molecule has 14 heavy (non-hydrogen) atoms. The molecule has 0 amide bonds. The molecule has 0 N–H and O–H groups in total. The molecule has 0 radical (unpaired) electrons. The van der Waals surface area contributed by atoms with E-state index in [0.29, 0.717) is 10.3 Å². The Kier molecular flexibility index (Phi) is 6.17. The minimum atomic E-state index is 0.173. The molecule has 2 heteroatoms. The summed E-state index contributed by atoms with van der Waals surface area (Å²) in [5.74, 6) is 0. The van der Waals surface area contributed by atoms with Gasteiger partial charge in [-0.15, -0.1) is 0 Å². The fourth-order valence-corrected chi connectivity index (χ4v) is 9.54. The van der Waals surface area contributed by atoms with Crippen molar-refractivity contribution in [3.8, 4) is 0 Å². The van der Waals surface area contributed by atoms with Gasteiger partial charge in [0.2, 0.25) is 0 Å². The van der Waals surface area contributed by atoms with E-state index in [4.69, 9.17) is 0 Å². The summed E-state index contributed by atoms with van der Waals surface area (Å²) in [4.78, 5) is 0. The highest BCUT2D eigenvalue weighted by Crippen LogP contribution is 2.71. The minimum absolute atomic E-state index is 0.173. The lowest BCUT2D eigenvalue weighted by Crippen LogP contribution is -2.22. The average molecular weight is 234 g/mol. The Labute approximate surface area is 94.1 Å². The molecule has 0 aromatic heterocycles. The number of hydrogen-bond acceptors (Lipinski definition) is 0. The van der Waals surface area contributed by atoms with Gasteiger partial charge in [-0.1, -0.05) is 70.8 Å². The van der Waals surface area contributed by atoms with Gasteiger partial charge in [0.15, 0.2) is 0 Å². The molecule has 0 aromatic rings. The first-order valence-corrected chi connectivity index (χ1v) is 9.12. The van der Waals surface area contributed by atoms with Crippen molar-refractivity contribution in [3.05, 3.63) is 0 Å². The van der Waals surface area contributed by atoms with Gasteiger partial charge in [-0.3, -0.25) is 0 Å². The van der Waals surface area contributed by atoms with E-state index < -0.39 is 0 Å². The molecule has 0 aromatic carbocycles. The van der Waals surface area contributed by atoms with E-state index >= 15 is 0 Å². The van der Waals surface area contributed by atoms with Gasteiger partial charge in [-0.2, -0.15) is 0 Å². The molecule has 0 bridgehead atoms. The Bertz CT molecular complexity index is 137. The van der Waals surface area contributed by atoms with Crippen molar-refractivity contribution in [2.24, 2.45) is 0 Å². The molecule has 1 unspecified atom stereocenters. The maximum Gasteiger partial charge on any atom is -0.0138 e. The first kappa shape index (κ1) is 14.9. The Morgan fingerprint density at radius 1 is 0.929 bits per heavy atom. The van der Waals surface area contributed by atoms with Gasteiger partial charge in [-0.25, -0.2) is 0 Å². The van der Waals surface area contributed by atoms with Gasteiger partial charge >= 0.3 is 0 Å². The van der Waals surface area contributed by atoms with Gasteiger partial charge < -0.3 is 0 Å². The third-order valence-corrected chi connectivity index (χ3v) is 11.4. The molecule has 0 fully saturated rings. The molecular formula is C12H28P2. The molecule has 0 spiro atoms. The Hall–Kier alpha value is 0.860. The molecular weight excluding hydrogens is 206 g/mol. The zero-order chi connectivity index (χ0) is 11.4. The molecule has 0 aliphatic heterocycles. The first-order valence-electron chi connectivity index (χ1n) is 5.73. The van der Waals surface area contributed by atoms with Crippen molar-refractivity contribution in [2.45, 2.75) is 71.6 Å². The lowest BCUT2D eigenvalue weighted by Gasteiger charge is -2.41. The maximum absolute atomic E-state index is 2.42. The van der Waals surface area contributed by atoms with Crippen molar-refractivity contribution in [3.63, 3.8) is 0 Å². The second-order valence-corrected chi connectivity index (χ2v) is 12.4. The molecule has 0 heterocycles. The highest BCUT2D eigenvalue weighted by molar-refractivity contribution is 8.22. The molecule has 0 rings (SSSR count). The molecule has 0 nitrogen and oxygen atoms in total. The predicted molar refractivity (Wildman–Crippen MR) is 74.5 cm³/mol. The van der Waals surface area contributed by atoms with Crippen molar-refractivity contribution in [2.75, 3.05) is 6.16 Å². The monoisotopic (exact) mass is 234 g/mol. The Morgan fingerprint density at radius 3 is 1.64 bits per heavy atom. The number of rotatable bonds is 4. The quantitative estimate of drug-likeness (QED) is 0.447. The summed E-state index contributed by atoms with van der Waals surface area (Å²) in [6.07, 6.45) is 4.23. The zero-order valence-electron chi connectivity index (χ0n) is 11.1. The summed E-state index contributed by atoms with van der Waals surface area (Å²) < 4.78 is 0. The topological polar surface area (TPSA) is 0 Å². The lowest BCUT2D eigenvalue weighted by atomic mass is 10.2. The van der Waals surface area contributed by atoms with Crippen molar-refractivity contribution >= 4 is 15.9 Å². The second-order valence-electron chi connectivity index (χ2n) is 5.94. The van der Waals surface area contributed by atoms with Crippen LogP contribution in [-0.4, -0.2) is 16.5 Å². The van der Waals surface area contributed by atoms with Crippen LogP contribution in [0.3, 0.4) is 0 Å². The summed E-state index contributed by atoms with van der Waals surface area (Å²) in [5.41, 5.74) is 0. The van der Waals surface area contributed by atoms with E-state index in [2.05, 4.69) is 48.5 Å². The summed E-state index contributed by atoms with van der Waals surface area (Å²) in [6, 6.07) is 0. The normalized spacial score (nSPS) is 14.6. The number of unbranched alkanes of at least 4 members (excludes halogenated alkanes) is 1. The van der Waals surface area contributed by atoms with Crippen LogP contribution in [0.25, 0.3) is 0 Å². The highest BCUT2D eigenvalue weighted by atomic mass is 32.0. The van der Waals surface area contributed by atoms with Crippen LogP contribution in [0.4, 0.5) is 0 Å².